The number of ether oxygens (including phenoxy) is 4. The Balaban J connectivity index is 1.70. The number of rotatable bonds is 13. The number of carbonyl (C=O) groups is 2. The molecule has 4 aromatic rings. The van der Waals surface area contributed by atoms with Crippen molar-refractivity contribution in [3.05, 3.63) is 66.6 Å². The normalized spacial score (nSPS) is 11.6. The SMILES string of the molecule is CCOC(=O)COc1cc(Nc2ncnc3c2c(CCCN(C)C(=O)OC(C)(C)C)cn3S(=O)(=O)c2ccccc2)ccc1OC. The summed E-state index contributed by atoms with van der Waals surface area (Å²) in [6.45, 7) is 7.38. The largest absolute Gasteiger partial charge is 0.493 e. The second-order valence-corrected chi connectivity index (χ2v) is 13.1. The van der Waals surface area contributed by atoms with Gasteiger partial charge in [0, 0.05) is 31.5 Å². The molecular weight excluding hydrogens is 614 g/mol. The summed E-state index contributed by atoms with van der Waals surface area (Å²) < 4.78 is 50.1. The minimum atomic E-state index is -4.01. The Bertz CT molecular complexity index is 1790. The first-order valence-corrected chi connectivity index (χ1v) is 16.1. The summed E-state index contributed by atoms with van der Waals surface area (Å²) in [4.78, 5) is 34.8. The number of anilines is 2. The highest BCUT2D eigenvalue weighted by Crippen LogP contribution is 2.35. The molecule has 2 aromatic carbocycles. The fourth-order valence-electron chi connectivity index (χ4n) is 4.56. The van der Waals surface area contributed by atoms with Crippen molar-refractivity contribution in [3.63, 3.8) is 0 Å². The van der Waals surface area contributed by atoms with E-state index in [2.05, 4.69) is 15.3 Å². The number of hydrogen-bond donors (Lipinski definition) is 1. The highest BCUT2D eigenvalue weighted by molar-refractivity contribution is 7.90. The topological polar surface area (TPSA) is 151 Å². The number of nitrogens with one attached hydrogen (secondary N) is 1. The highest BCUT2D eigenvalue weighted by Gasteiger charge is 2.25. The van der Waals surface area contributed by atoms with E-state index in [9.17, 15) is 18.0 Å². The maximum absolute atomic E-state index is 13.8. The molecule has 14 heteroatoms. The fourth-order valence-corrected chi connectivity index (χ4v) is 5.92. The quantitative estimate of drug-likeness (QED) is 0.191. The third kappa shape index (κ3) is 8.24. The van der Waals surface area contributed by atoms with Gasteiger partial charge < -0.3 is 29.2 Å². The second-order valence-electron chi connectivity index (χ2n) is 11.3. The van der Waals surface area contributed by atoms with Crippen LogP contribution in [-0.2, 0) is 30.7 Å². The molecule has 0 aliphatic carbocycles. The maximum Gasteiger partial charge on any atom is 0.410 e. The van der Waals surface area contributed by atoms with Crippen molar-refractivity contribution < 1.29 is 37.0 Å². The second kappa shape index (κ2) is 14.5. The number of methoxy groups -OCH3 is 1. The zero-order valence-corrected chi connectivity index (χ0v) is 27.6. The Labute approximate surface area is 268 Å². The monoisotopic (exact) mass is 653 g/mol. The zero-order chi connectivity index (χ0) is 33.5. The Morgan fingerprint density at radius 1 is 1.04 bits per heavy atom. The molecular formula is C32H39N5O8S. The summed E-state index contributed by atoms with van der Waals surface area (Å²) in [5.74, 6) is 0.519. The highest BCUT2D eigenvalue weighted by atomic mass is 32.2. The molecule has 0 unspecified atom stereocenters. The zero-order valence-electron chi connectivity index (χ0n) is 26.8. The van der Waals surface area contributed by atoms with Crippen LogP contribution in [0.15, 0.2) is 66.0 Å². The predicted molar refractivity (Wildman–Crippen MR) is 172 cm³/mol. The van der Waals surface area contributed by atoms with Crippen LogP contribution < -0.4 is 14.8 Å². The summed E-state index contributed by atoms with van der Waals surface area (Å²) in [6, 6.07) is 13.1. The molecule has 1 amide bonds. The molecule has 246 valence electrons. The molecule has 2 heterocycles. The summed E-state index contributed by atoms with van der Waals surface area (Å²) in [6.07, 6.45) is 3.28. The van der Waals surface area contributed by atoms with Crippen molar-refractivity contribution >= 4 is 44.6 Å². The van der Waals surface area contributed by atoms with E-state index in [0.717, 1.165) is 3.97 Å². The van der Waals surface area contributed by atoms with Gasteiger partial charge in [-0.2, -0.15) is 0 Å². The summed E-state index contributed by atoms with van der Waals surface area (Å²) in [7, 11) is -0.878. The molecule has 0 bridgehead atoms. The van der Waals surface area contributed by atoms with Gasteiger partial charge >= 0.3 is 12.1 Å². The number of nitrogens with zero attached hydrogens (tertiary/aromatic N) is 4. The molecule has 0 spiro atoms. The molecule has 0 saturated heterocycles. The maximum atomic E-state index is 13.8. The lowest BCUT2D eigenvalue weighted by atomic mass is 10.1. The van der Waals surface area contributed by atoms with Crippen LogP contribution in [0, 0.1) is 0 Å². The van der Waals surface area contributed by atoms with Crippen molar-refractivity contribution in [1.29, 1.82) is 0 Å². The first-order chi connectivity index (χ1) is 21.8. The summed E-state index contributed by atoms with van der Waals surface area (Å²) >= 11 is 0. The third-order valence-electron chi connectivity index (χ3n) is 6.65. The number of fused-ring (bicyclic) bond motifs is 1. The number of benzene rings is 2. The van der Waals surface area contributed by atoms with Gasteiger partial charge in [0.15, 0.2) is 23.8 Å². The van der Waals surface area contributed by atoms with E-state index in [1.54, 1.807) is 77.3 Å². The lowest BCUT2D eigenvalue weighted by molar-refractivity contribution is -0.145. The van der Waals surface area contributed by atoms with Gasteiger partial charge in [-0.05, 0) is 70.4 Å². The first-order valence-electron chi connectivity index (χ1n) is 14.7. The molecule has 0 aliphatic rings. The summed E-state index contributed by atoms with van der Waals surface area (Å²) in [5, 5.41) is 3.74. The van der Waals surface area contributed by atoms with Crippen LogP contribution in [0.25, 0.3) is 11.0 Å². The van der Waals surface area contributed by atoms with Gasteiger partial charge in [0.1, 0.15) is 17.7 Å². The fraction of sp³-hybridized carbons (Fsp3) is 0.375. The van der Waals surface area contributed by atoms with Crippen LogP contribution in [0.5, 0.6) is 11.5 Å². The van der Waals surface area contributed by atoms with Gasteiger partial charge in [-0.1, -0.05) is 18.2 Å². The van der Waals surface area contributed by atoms with E-state index in [1.807, 2.05) is 0 Å². The van der Waals surface area contributed by atoms with E-state index in [1.165, 1.54) is 30.5 Å². The van der Waals surface area contributed by atoms with Crippen LogP contribution in [-0.4, -0.2) is 78.8 Å². The van der Waals surface area contributed by atoms with E-state index in [-0.39, 0.29) is 23.8 Å². The molecule has 0 aliphatic heterocycles. The van der Waals surface area contributed by atoms with Crippen molar-refractivity contribution in [2.75, 3.05) is 39.2 Å². The molecule has 0 atom stereocenters. The average molecular weight is 654 g/mol. The standard InChI is InChI=1S/C32H39N5O8S/c1-7-43-27(38)20-44-26-18-23(15-16-25(26)42-6)35-29-28-22(12-11-17-36(5)31(39)45-32(2,3)4)19-37(30(28)34-21-33-29)46(40,41)24-13-9-8-10-14-24/h8-10,13-16,18-19,21H,7,11-12,17,20H2,1-6H3,(H,33,34,35). The Kier molecular flexibility index (Phi) is 10.7. The lowest BCUT2D eigenvalue weighted by Crippen LogP contribution is -2.34. The van der Waals surface area contributed by atoms with Crippen LogP contribution in [0.4, 0.5) is 16.3 Å². The first kappa shape index (κ1) is 34.0. The molecule has 4 rings (SSSR count). The van der Waals surface area contributed by atoms with Crippen molar-refractivity contribution in [2.45, 2.75) is 51.0 Å². The van der Waals surface area contributed by atoms with E-state index < -0.39 is 27.7 Å². The van der Waals surface area contributed by atoms with Crippen LogP contribution >= 0.6 is 0 Å². The Hall–Kier alpha value is -4.85. The molecule has 0 fully saturated rings. The Morgan fingerprint density at radius 3 is 2.46 bits per heavy atom. The van der Waals surface area contributed by atoms with E-state index >= 15 is 0 Å². The van der Waals surface area contributed by atoms with Crippen LogP contribution in [0.1, 0.15) is 39.7 Å². The van der Waals surface area contributed by atoms with Crippen molar-refractivity contribution in [2.24, 2.45) is 0 Å². The molecule has 2 aromatic heterocycles. The van der Waals surface area contributed by atoms with Crippen LogP contribution in [0.2, 0.25) is 0 Å². The number of carbonyl (C=O) groups excluding carboxylic acids is 2. The lowest BCUT2D eigenvalue weighted by Gasteiger charge is -2.24. The molecule has 13 nitrogen and oxygen atoms in total. The number of esters is 1. The number of amides is 1. The third-order valence-corrected chi connectivity index (χ3v) is 8.32. The number of aromatic nitrogens is 3. The molecule has 0 radical (unpaired) electrons. The predicted octanol–water partition coefficient (Wildman–Crippen LogP) is 5.16. The van der Waals surface area contributed by atoms with Crippen LogP contribution in [0.3, 0.4) is 0 Å². The van der Waals surface area contributed by atoms with E-state index in [4.69, 9.17) is 18.9 Å². The molecule has 0 saturated carbocycles. The average Bonchev–Trinajstić information content (AvgIpc) is 3.40. The minimum Gasteiger partial charge on any atom is -0.493 e. The van der Waals surface area contributed by atoms with Gasteiger partial charge in [-0.25, -0.2) is 31.9 Å². The van der Waals surface area contributed by atoms with Gasteiger partial charge in [-0.15, -0.1) is 0 Å². The number of aryl methyl sites for hydroxylation is 1. The van der Waals surface area contributed by atoms with Crippen molar-refractivity contribution in [3.8, 4) is 11.5 Å². The van der Waals surface area contributed by atoms with Gasteiger partial charge in [0.25, 0.3) is 10.0 Å². The Morgan fingerprint density at radius 2 is 1.78 bits per heavy atom. The van der Waals surface area contributed by atoms with E-state index in [0.29, 0.717) is 53.3 Å². The molecule has 1 N–H and O–H groups in total. The van der Waals surface area contributed by atoms with Crippen molar-refractivity contribution in [1.82, 2.24) is 18.8 Å². The van der Waals surface area contributed by atoms with Gasteiger partial charge in [-0.3, -0.25) is 0 Å². The summed E-state index contributed by atoms with van der Waals surface area (Å²) in [5.41, 5.74) is 0.744. The number of hydrogen-bond acceptors (Lipinski definition) is 11. The van der Waals surface area contributed by atoms with Gasteiger partial charge in [0.05, 0.1) is 24.0 Å². The van der Waals surface area contributed by atoms with Gasteiger partial charge in [0.2, 0.25) is 0 Å². The molecule has 46 heavy (non-hydrogen) atoms. The minimum absolute atomic E-state index is 0.106. The smallest absolute Gasteiger partial charge is 0.410 e.